The number of methoxy groups -OCH3 is 1. The molecule has 1 atom stereocenters. The third-order valence-corrected chi connectivity index (χ3v) is 4.59. The highest BCUT2D eigenvalue weighted by atomic mass is 16.5. The lowest BCUT2D eigenvalue weighted by Crippen LogP contribution is -2.56. The predicted molar refractivity (Wildman–Crippen MR) is 82.4 cm³/mol. The summed E-state index contributed by atoms with van der Waals surface area (Å²) in [5.41, 5.74) is 1.13. The van der Waals surface area contributed by atoms with Crippen LogP contribution in [0.25, 0.3) is 0 Å². The first-order chi connectivity index (χ1) is 9.85. The maximum Gasteiger partial charge on any atom is 0.120 e. The highest BCUT2D eigenvalue weighted by molar-refractivity contribution is 5.48. The number of ether oxygens (including phenoxy) is 1. The van der Waals surface area contributed by atoms with Gasteiger partial charge in [-0.25, -0.2) is 0 Å². The third-order valence-electron chi connectivity index (χ3n) is 4.59. The van der Waals surface area contributed by atoms with Crippen molar-refractivity contribution in [3.63, 3.8) is 0 Å². The van der Waals surface area contributed by atoms with Crippen molar-refractivity contribution in [1.29, 1.82) is 0 Å². The van der Waals surface area contributed by atoms with Gasteiger partial charge >= 0.3 is 0 Å². The molecule has 3 heterocycles. The smallest absolute Gasteiger partial charge is 0.120 e. The minimum Gasteiger partial charge on any atom is -0.497 e. The van der Waals surface area contributed by atoms with Gasteiger partial charge in [0.25, 0.3) is 0 Å². The number of hydrogen-bond acceptors (Lipinski definition) is 4. The van der Waals surface area contributed by atoms with Gasteiger partial charge in [0.2, 0.25) is 0 Å². The maximum atomic E-state index is 5.23. The molecule has 110 valence electrons. The zero-order chi connectivity index (χ0) is 13.8. The Bertz CT molecular complexity index is 429. The van der Waals surface area contributed by atoms with Crippen molar-refractivity contribution in [3.8, 4) is 5.75 Å². The summed E-state index contributed by atoms with van der Waals surface area (Å²) in [5, 5.41) is 7.16. The molecule has 4 rings (SSSR count). The Labute approximate surface area is 121 Å². The van der Waals surface area contributed by atoms with Gasteiger partial charge in [0, 0.05) is 37.4 Å². The van der Waals surface area contributed by atoms with Gasteiger partial charge in [-0.1, -0.05) is 6.07 Å². The molecule has 0 aromatic heterocycles. The SMILES string of the molecule is COc1cccc(NCCN[C@@H]2CN3CCC2CC3)c1. The van der Waals surface area contributed by atoms with Crippen LogP contribution in [-0.4, -0.2) is 50.8 Å². The molecule has 0 aliphatic carbocycles. The van der Waals surface area contributed by atoms with Crippen molar-refractivity contribution in [2.24, 2.45) is 5.92 Å². The van der Waals surface area contributed by atoms with Gasteiger partial charge in [-0.05, 0) is 44.0 Å². The van der Waals surface area contributed by atoms with Crippen LogP contribution < -0.4 is 15.4 Å². The first kappa shape index (κ1) is 13.7. The van der Waals surface area contributed by atoms with Gasteiger partial charge in [0.1, 0.15) is 5.75 Å². The van der Waals surface area contributed by atoms with Crippen LogP contribution in [0.4, 0.5) is 5.69 Å². The minimum atomic E-state index is 0.699. The van der Waals surface area contributed by atoms with E-state index < -0.39 is 0 Å². The standard InChI is InChI=1S/C16H25N3O/c1-20-15-4-2-3-14(11-15)17-7-8-18-16-12-19-9-5-13(16)6-10-19/h2-4,11,13,16-18H,5-10,12H2,1H3/t16-/m1/s1. The van der Waals surface area contributed by atoms with Crippen LogP contribution in [0.2, 0.25) is 0 Å². The lowest BCUT2D eigenvalue weighted by molar-refractivity contribution is 0.0735. The number of piperidine rings is 3. The summed E-state index contributed by atoms with van der Waals surface area (Å²) in [7, 11) is 1.70. The van der Waals surface area contributed by atoms with E-state index in [0.717, 1.165) is 30.4 Å². The lowest BCUT2D eigenvalue weighted by atomic mass is 9.84. The van der Waals surface area contributed by atoms with E-state index in [2.05, 4.69) is 21.6 Å². The van der Waals surface area contributed by atoms with Gasteiger partial charge in [0.15, 0.2) is 0 Å². The molecule has 4 heteroatoms. The van der Waals surface area contributed by atoms with E-state index in [1.54, 1.807) is 7.11 Å². The van der Waals surface area contributed by atoms with E-state index in [1.807, 2.05) is 18.2 Å². The molecule has 0 radical (unpaired) electrons. The Hall–Kier alpha value is -1.26. The molecule has 4 nitrogen and oxygen atoms in total. The van der Waals surface area contributed by atoms with Gasteiger partial charge in [-0.15, -0.1) is 0 Å². The van der Waals surface area contributed by atoms with Crippen LogP contribution in [0.1, 0.15) is 12.8 Å². The van der Waals surface area contributed by atoms with Gasteiger partial charge in [-0.3, -0.25) is 0 Å². The zero-order valence-electron chi connectivity index (χ0n) is 12.3. The fourth-order valence-electron chi connectivity index (χ4n) is 3.39. The summed E-state index contributed by atoms with van der Waals surface area (Å²) in [5.74, 6) is 1.80. The lowest BCUT2D eigenvalue weighted by Gasteiger charge is -2.45. The molecule has 0 amide bonds. The second kappa shape index (κ2) is 6.46. The molecule has 20 heavy (non-hydrogen) atoms. The number of hydrogen-bond donors (Lipinski definition) is 2. The van der Waals surface area contributed by atoms with E-state index in [9.17, 15) is 0 Å². The van der Waals surface area contributed by atoms with E-state index in [-0.39, 0.29) is 0 Å². The molecule has 3 fully saturated rings. The second-order valence-corrected chi connectivity index (χ2v) is 5.86. The number of benzene rings is 1. The quantitative estimate of drug-likeness (QED) is 0.776. The van der Waals surface area contributed by atoms with Crippen LogP contribution >= 0.6 is 0 Å². The molecule has 3 saturated heterocycles. The molecule has 0 unspecified atom stereocenters. The topological polar surface area (TPSA) is 36.5 Å². The van der Waals surface area contributed by atoms with Crippen molar-refractivity contribution in [2.75, 3.05) is 45.2 Å². The summed E-state index contributed by atoms with van der Waals surface area (Å²) in [4.78, 5) is 2.59. The van der Waals surface area contributed by atoms with E-state index in [0.29, 0.717) is 6.04 Å². The Balaban J connectivity index is 1.39. The van der Waals surface area contributed by atoms with Crippen molar-refractivity contribution in [3.05, 3.63) is 24.3 Å². The Kier molecular flexibility index (Phi) is 4.43. The highest BCUT2D eigenvalue weighted by Crippen LogP contribution is 2.27. The highest BCUT2D eigenvalue weighted by Gasteiger charge is 2.33. The predicted octanol–water partition coefficient (Wildman–Crippen LogP) is 1.79. The molecule has 3 aliphatic rings. The molecular formula is C16H25N3O. The molecule has 2 bridgehead atoms. The first-order valence-corrected chi connectivity index (χ1v) is 7.69. The normalized spacial score (nSPS) is 28.4. The summed E-state index contributed by atoms with van der Waals surface area (Å²) in [6, 6.07) is 8.80. The number of fused-ring (bicyclic) bond motifs is 3. The monoisotopic (exact) mass is 275 g/mol. The molecule has 0 saturated carbocycles. The molecule has 1 aromatic rings. The molecule has 2 N–H and O–H groups in total. The fourth-order valence-corrected chi connectivity index (χ4v) is 3.39. The summed E-state index contributed by atoms with van der Waals surface area (Å²) < 4.78 is 5.23. The van der Waals surface area contributed by atoms with E-state index in [4.69, 9.17) is 4.74 Å². The van der Waals surface area contributed by atoms with Crippen LogP contribution in [0.3, 0.4) is 0 Å². The van der Waals surface area contributed by atoms with Crippen molar-refractivity contribution in [2.45, 2.75) is 18.9 Å². The van der Waals surface area contributed by atoms with Gasteiger partial charge in [0.05, 0.1) is 7.11 Å². The van der Waals surface area contributed by atoms with E-state index >= 15 is 0 Å². The average Bonchev–Trinajstić information content (AvgIpc) is 2.53. The van der Waals surface area contributed by atoms with Crippen molar-refractivity contribution < 1.29 is 4.74 Å². The van der Waals surface area contributed by atoms with Crippen LogP contribution in [0.15, 0.2) is 24.3 Å². The second-order valence-electron chi connectivity index (χ2n) is 5.86. The average molecular weight is 275 g/mol. The molecular weight excluding hydrogens is 250 g/mol. The Morgan fingerprint density at radius 1 is 1.25 bits per heavy atom. The Morgan fingerprint density at radius 3 is 2.80 bits per heavy atom. The van der Waals surface area contributed by atoms with Crippen LogP contribution in [0, 0.1) is 5.92 Å². The summed E-state index contributed by atoms with van der Waals surface area (Å²) in [6.45, 7) is 5.84. The number of nitrogens with zero attached hydrogens (tertiary/aromatic N) is 1. The van der Waals surface area contributed by atoms with Gasteiger partial charge < -0.3 is 20.3 Å². The molecule has 0 spiro atoms. The van der Waals surface area contributed by atoms with Gasteiger partial charge in [-0.2, -0.15) is 0 Å². The van der Waals surface area contributed by atoms with Crippen molar-refractivity contribution in [1.82, 2.24) is 10.2 Å². The largest absolute Gasteiger partial charge is 0.497 e. The van der Waals surface area contributed by atoms with Crippen LogP contribution in [0.5, 0.6) is 5.75 Å². The number of rotatable bonds is 6. The number of nitrogens with one attached hydrogen (secondary N) is 2. The fraction of sp³-hybridized carbons (Fsp3) is 0.625. The molecule has 3 aliphatic heterocycles. The number of anilines is 1. The third kappa shape index (κ3) is 3.25. The summed E-state index contributed by atoms with van der Waals surface area (Å²) >= 11 is 0. The minimum absolute atomic E-state index is 0.699. The summed E-state index contributed by atoms with van der Waals surface area (Å²) in [6.07, 6.45) is 2.75. The van der Waals surface area contributed by atoms with Crippen LogP contribution in [-0.2, 0) is 0 Å². The van der Waals surface area contributed by atoms with Crippen molar-refractivity contribution >= 4 is 5.69 Å². The zero-order valence-corrected chi connectivity index (χ0v) is 12.3. The van der Waals surface area contributed by atoms with E-state index in [1.165, 1.54) is 32.5 Å². The molecule has 1 aromatic carbocycles. The maximum absolute atomic E-state index is 5.23. The Morgan fingerprint density at radius 2 is 2.10 bits per heavy atom. The first-order valence-electron chi connectivity index (χ1n) is 7.69.